The van der Waals surface area contributed by atoms with E-state index >= 15 is 0 Å². The Morgan fingerprint density at radius 1 is 0.382 bits per heavy atom. The first-order valence-corrected chi connectivity index (χ1v) is 16.0. The van der Waals surface area contributed by atoms with E-state index in [1.165, 1.54) is 167 Å². The van der Waals surface area contributed by atoms with Crippen LogP contribution in [0.25, 0.3) is 0 Å². The number of ether oxygens (including phenoxy) is 1. The third-order valence-corrected chi connectivity index (χ3v) is 7.30. The number of unbranched alkanes of at least 4 members (excludes halogenated alkanes) is 26. The Hall–Kier alpha value is -0.530. The molecule has 2 nitrogen and oxygen atoms in total. The zero-order valence-electron chi connectivity index (χ0n) is 23.8. The highest BCUT2D eigenvalue weighted by Crippen LogP contribution is 2.16. The fourth-order valence-electron chi connectivity index (χ4n) is 4.88. The summed E-state index contributed by atoms with van der Waals surface area (Å²) in [6, 6.07) is 0. The van der Waals surface area contributed by atoms with Crippen molar-refractivity contribution in [2.24, 2.45) is 0 Å². The molecule has 204 valence electrons. The fourth-order valence-corrected chi connectivity index (χ4v) is 4.88. The van der Waals surface area contributed by atoms with E-state index in [-0.39, 0.29) is 5.97 Å². The summed E-state index contributed by atoms with van der Waals surface area (Å²) in [6.45, 7) is 4.77. The summed E-state index contributed by atoms with van der Waals surface area (Å²) in [5, 5.41) is 0. The molecular formula is C32H64O2. The molecule has 0 aromatic heterocycles. The van der Waals surface area contributed by atoms with Crippen LogP contribution in [0.4, 0.5) is 0 Å². The molecule has 0 atom stereocenters. The van der Waals surface area contributed by atoms with Crippen molar-refractivity contribution in [2.75, 3.05) is 6.61 Å². The van der Waals surface area contributed by atoms with Gasteiger partial charge in [0.1, 0.15) is 0 Å². The fraction of sp³-hybridized carbons (Fsp3) is 0.969. The van der Waals surface area contributed by atoms with Gasteiger partial charge in [-0.2, -0.15) is 0 Å². The average Bonchev–Trinajstić information content (AvgIpc) is 2.85. The maximum absolute atomic E-state index is 11.0. The first kappa shape index (κ1) is 33.5. The van der Waals surface area contributed by atoms with E-state index in [2.05, 4.69) is 6.92 Å². The van der Waals surface area contributed by atoms with Crippen LogP contribution in [-0.4, -0.2) is 12.6 Å². The van der Waals surface area contributed by atoms with Gasteiger partial charge in [-0.3, -0.25) is 4.79 Å². The molecule has 0 spiro atoms. The zero-order chi connectivity index (χ0) is 24.8. The number of hydrogen-bond acceptors (Lipinski definition) is 2. The van der Waals surface area contributed by atoms with Crippen molar-refractivity contribution >= 4 is 5.97 Å². The minimum atomic E-state index is -0.0604. The molecule has 2 heteroatoms. The first-order chi connectivity index (χ1) is 16.8. The van der Waals surface area contributed by atoms with Gasteiger partial charge in [-0.1, -0.05) is 181 Å². The Morgan fingerprint density at radius 2 is 0.618 bits per heavy atom. The zero-order valence-corrected chi connectivity index (χ0v) is 23.8. The van der Waals surface area contributed by atoms with Crippen LogP contribution < -0.4 is 0 Å². The van der Waals surface area contributed by atoms with E-state index < -0.39 is 0 Å². The van der Waals surface area contributed by atoms with E-state index in [1.54, 1.807) is 0 Å². The summed E-state index contributed by atoms with van der Waals surface area (Å²) < 4.78 is 5.11. The van der Waals surface area contributed by atoms with Crippen LogP contribution in [0.2, 0.25) is 0 Å². The van der Waals surface area contributed by atoms with E-state index in [1.807, 2.05) is 6.92 Å². The molecule has 0 saturated carbocycles. The molecule has 0 amide bonds. The average molecular weight is 481 g/mol. The molecule has 0 fully saturated rings. The molecule has 0 aliphatic rings. The molecule has 0 saturated heterocycles. The Morgan fingerprint density at radius 3 is 0.853 bits per heavy atom. The van der Waals surface area contributed by atoms with Gasteiger partial charge in [-0.05, 0) is 6.42 Å². The molecule has 0 aliphatic heterocycles. The normalized spacial score (nSPS) is 11.2. The lowest BCUT2D eigenvalue weighted by Crippen LogP contribution is -2.03. The molecule has 0 N–H and O–H groups in total. The lowest BCUT2D eigenvalue weighted by molar-refractivity contribution is -0.143. The number of hydrogen-bond donors (Lipinski definition) is 0. The van der Waals surface area contributed by atoms with Crippen molar-refractivity contribution in [1.29, 1.82) is 0 Å². The summed E-state index contributed by atoms with van der Waals surface area (Å²) in [5.74, 6) is -0.0604. The monoisotopic (exact) mass is 480 g/mol. The third kappa shape index (κ3) is 29.5. The Bertz CT molecular complexity index is 379. The van der Waals surface area contributed by atoms with E-state index in [0.717, 1.165) is 6.42 Å². The minimum Gasteiger partial charge on any atom is -0.466 e. The van der Waals surface area contributed by atoms with Crippen LogP contribution >= 0.6 is 0 Å². The maximum atomic E-state index is 11.0. The van der Waals surface area contributed by atoms with Crippen molar-refractivity contribution in [3.8, 4) is 0 Å². The maximum Gasteiger partial charge on any atom is 0.305 e. The summed E-state index contributed by atoms with van der Waals surface area (Å²) in [4.78, 5) is 11.0. The number of rotatable bonds is 29. The summed E-state index contributed by atoms with van der Waals surface area (Å²) in [5.41, 5.74) is 0. The van der Waals surface area contributed by atoms with Crippen LogP contribution in [0.15, 0.2) is 0 Å². The minimum absolute atomic E-state index is 0.0604. The quantitative estimate of drug-likeness (QED) is 0.0785. The second-order valence-corrected chi connectivity index (χ2v) is 10.8. The number of esters is 1. The van der Waals surface area contributed by atoms with Gasteiger partial charge in [-0.15, -0.1) is 0 Å². The van der Waals surface area contributed by atoms with Gasteiger partial charge in [0.25, 0.3) is 0 Å². The molecule has 0 unspecified atom stereocenters. The Kier molecular flexibility index (Phi) is 30.0. The van der Waals surface area contributed by atoms with Crippen molar-refractivity contribution < 1.29 is 9.53 Å². The molecule has 0 aliphatic carbocycles. The van der Waals surface area contributed by atoms with Crippen LogP contribution in [0.5, 0.6) is 0 Å². The standard InChI is InChI=1S/C32H64O2/c1-3-5-6-7-8-9-10-11-12-13-14-15-16-17-18-19-20-21-22-23-24-25-26-27-28-29-30-31-34-32(33)4-2/h3-31H2,1-2H3. The predicted molar refractivity (Wildman–Crippen MR) is 152 cm³/mol. The predicted octanol–water partition coefficient (Wildman–Crippen LogP) is 11.5. The molecule has 0 rings (SSSR count). The molecule has 0 heterocycles. The van der Waals surface area contributed by atoms with E-state index in [0.29, 0.717) is 13.0 Å². The second-order valence-electron chi connectivity index (χ2n) is 10.8. The highest BCUT2D eigenvalue weighted by atomic mass is 16.5. The first-order valence-electron chi connectivity index (χ1n) is 16.0. The Labute approximate surface area is 215 Å². The van der Waals surface area contributed by atoms with Crippen molar-refractivity contribution in [3.63, 3.8) is 0 Å². The third-order valence-electron chi connectivity index (χ3n) is 7.30. The van der Waals surface area contributed by atoms with Gasteiger partial charge >= 0.3 is 5.97 Å². The molecule has 34 heavy (non-hydrogen) atoms. The van der Waals surface area contributed by atoms with Crippen molar-refractivity contribution in [1.82, 2.24) is 0 Å². The molecule has 0 radical (unpaired) electrons. The number of carbonyl (C=O) groups is 1. The van der Waals surface area contributed by atoms with Gasteiger partial charge < -0.3 is 4.74 Å². The lowest BCUT2D eigenvalue weighted by atomic mass is 10.0. The van der Waals surface area contributed by atoms with Gasteiger partial charge in [0.15, 0.2) is 0 Å². The van der Waals surface area contributed by atoms with Crippen molar-refractivity contribution in [3.05, 3.63) is 0 Å². The van der Waals surface area contributed by atoms with E-state index in [9.17, 15) is 4.79 Å². The largest absolute Gasteiger partial charge is 0.466 e. The van der Waals surface area contributed by atoms with Crippen LogP contribution in [0.1, 0.15) is 194 Å². The molecular weight excluding hydrogens is 416 g/mol. The van der Waals surface area contributed by atoms with Gasteiger partial charge in [0.05, 0.1) is 6.61 Å². The van der Waals surface area contributed by atoms with Gasteiger partial charge in [-0.25, -0.2) is 0 Å². The lowest BCUT2D eigenvalue weighted by Gasteiger charge is -2.05. The SMILES string of the molecule is CCCCCCCCCCCCCCCCCCCCCCCCCCCCCOC(=O)CC. The second kappa shape index (κ2) is 30.5. The number of carbonyl (C=O) groups excluding carboxylic acids is 1. The smallest absolute Gasteiger partial charge is 0.305 e. The van der Waals surface area contributed by atoms with Crippen molar-refractivity contribution in [2.45, 2.75) is 194 Å². The van der Waals surface area contributed by atoms with Gasteiger partial charge in [0.2, 0.25) is 0 Å². The molecule has 0 aromatic rings. The van der Waals surface area contributed by atoms with Crippen LogP contribution in [0, 0.1) is 0 Å². The highest BCUT2D eigenvalue weighted by Gasteiger charge is 1.98. The summed E-state index contributed by atoms with van der Waals surface area (Å²) in [6.07, 6.45) is 38.8. The summed E-state index contributed by atoms with van der Waals surface area (Å²) >= 11 is 0. The van der Waals surface area contributed by atoms with Gasteiger partial charge in [0, 0.05) is 6.42 Å². The topological polar surface area (TPSA) is 26.3 Å². The van der Waals surface area contributed by atoms with Crippen LogP contribution in [0.3, 0.4) is 0 Å². The van der Waals surface area contributed by atoms with E-state index in [4.69, 9.17) is 4.74 Å². The molecule has 0 aromatic carbocycles. The highest BCUT2D eigenvalue weighted by molar-refractivity contribution is 5.68. The summed E-state index contributed by atoms with van der Waals surface area (Å²) in [7, 11) is 0. The van der Waals surface area contributed by atoms with Crippen LogP contribution in [-0.2, 0) is 9.53 Å². The molecule has 0 bridgehead atoms. The Balaban J connectivity index is 3.02.